The van der Waals surface area contributed by atoms with Gasteiger partial charge in [0, 0.05) is 42.3 Å². The summed E-state index contributed by atoms with van der Waals surface area (Å²) in [6.07, 6.45) is 0. The largest absolute Gasteiger partial charge is 0.379 e. The van der Waals surface area contributed by atoms with E-state index in [1.165, 1.54) is 6.07 Å². The van der Waals surface area contributed by atoms with Crippen molar-refractivity contribution in [3.63, 3.8) is 0 Å². The maximum absolute atomic E-state index is 13.7. The number of benzene rings is 1. The van der Waals surface area contributed by atoms with E-state index in [9.17, 15) is 4.39 Å². The van der Waals surface area contributed by atoms with Crippen molar-refractivity contribution in [2.45, 2.75) is 19.5 Å². The molecule has 2 rings (SSSR count). The van der Waals surface area contributed by atoms with Crippen LogP contribution in [0.3, 0.4) is 0 Å². The van der Waals surface area contributed by atoms with Crippen LogP contribution in [-0.4, -0.2) is 43.8 Å². The summed E-state index contributed by atoms with van der Waals surface area (Å²) in [6.45, 7) is 7.26. The Kier molecular flexibility index (Phi) is 5.76. The first-order valence-electron chi connectivity index (χ1n) is 6.62. The normalized spacial score (nSPS) is 18.5. The number of ether oxygens (including phenoxy) is 1. The summed E-state index contributed by atoms with van der Waals surface area (Å²) < 4.78 is 19.8. The summed E-state index contributed by atoms with van der Waals surface area (Å²) in [7, 11) is 0. The lowest BCUT2D eigenvalue weighted by Gasteiger charge is -2.29. The number of halogens is 2. The summed E-state index contributed by atoms with van der Waals surface area (Å²) in [5, 5.41) is 3.37. The van der Waals surface area contributed by atoms with Crippen LogP contribution in [0, 0.1) is 5.82 Å². The van der Waals surface area contributed by atoms with Gasteiger partial charge in [0.15, 0.2) is 0 Å². The standard InChI is InChI=1S/C14H20BrFN2O/c1-11(10-18-4-6-19-7-5-18)17-9-12-2-3-13(15)8-14(12)16/h2-3,8,11,17H,4-7,9-10H2,1H3. The molecule has 1 atom stereocenters. The van der Waals surface area contributed by atoms with E-state index in [4.69, 9.17) is 4.74 Å². The van der Waals surface area contributed by atoms with Crippen molar-refractivity contribution in [1.29, 1.82) is 0 Å². The molecule has 1 aliphatic rings. The summed E-state index contributed by atoms with van der Waals surface area (Å²) in [6, 6.07) is 5.52. The molecule has 1 aromatic rings. The second-order valence-electron chi connectivity index (χ2n) is 4.93. The third-order valence-corrected chi connectivity index (χ3v) is 3.79. The molecule has 1 saturated heterocycles. The molecule has 0 saturated carbocycles. The van der Waals surface area contributed by atoms with Crippen LogP contribution in [0.5, 0.6) is 0 Å². The zero-order valence-corrected chi connectivity index (χ0v) is 12.7. The second kappa shape index (κ2) is 7.33. The molecule has 3 nitrogen and oxygen atoms in total. The molecule has 106 valence electrons. The van der Waals surface area contributed by atoms with Crippen LogP contribution in [-0.2, 0) is 11.3 Å². The minimum absolute atomic E-state index is 0.166. The van der Waals surface area contributed by atoms with Gasteiger partial charge in [0.2, 0.25) is 0 Å². The van der Waals surface area contributed by atoms with Crippen molar-refractivity contribution in [1.82, 2.24) is 10.2 Å². The molecule has 0 aromatic heterocycles. The van der Waals surface area contributed by atoms with E-state index in [-0.39, 0.29) is 5.82 Å². The zero-order chi connectivity index (χ0) is 13.7. The summed E-state index contributed by atoms with van der Waals surface area (Å²) in [5.74, 6) is -0.166. The molecule has 0 aliphatic carbocycles. The highest BCUT2D eigenvalue weighted by Gasteiger charge is 2.13. The average molecular weight is 331 g/mol. The van der Waals surface area contributed by atoms with Crippen LogP contribution in [0.4, 0.5) is 4.39 Å². The summed E-state index contributed by atoms with van der Waals surface area (Å²) in [4.78, 5) is 2.37. The molecule has 1 heterocycles. The van der Waals surface area contributed by atoms with Crippen molar-refractivity contribution in [3.8, 4) is 0 Å². The van der Waals surface area contributed by atoms with Gasteiger partial charge < -0.3 is 10.1 Å². The number of hydrogen-bond acceptors (Lipinski definition) is 3. The predicted octanol–water partition coefficient (Wildman–Crippen LogP) is 2.40. The minimum atomic E-state index is -0.166. The topological polar surface area (TPSA) is 24.5 Å². The fourth-order valence-corrected chi connectivity index (χ4v) is 2.52. The molecule has 1 fully saturated rings. The molecular formula is C14H20BrFN2O. The van der Waals surface area contributed by atoms with Gasteiger partial charge in [-0.2, -0.15) is 0 Å². The lowest BCUT2D eigenvalue weighted by molar-refractivity contribution is 0.0343. The van der Waals surface area contributed by atoms with Crippen molar-refractivity contribution in [2.75, 3.05) is 32.8 Å². The Morgan fingerprint density at radius 1 is 1.42 bits per heavy atom. The number of nitrogens with one attached hydrogen (secondary N) is 1. The first kappa shape index (κ1) is 14.9. The van der Waals surface area contributed by atoms with Gasteiger partial charge in [-0.15, -0.1) is 0 Å². The highest BCUT2D eigenvalue weighted by atomic mass is 79.9. The highest BCUT2D eigenvalue weighted by molar-refractivity contribution is 9.10. The molecule has 0 spiro atoms. The van der Waals surface area contributed by atoms with Crippen LogP contribution in [0.2, 0.25) is 0 Å². The maximum atomic E-state index is 13.7. The van der Waals surface area contributed by atoms with Gasteiger partial charge >= 0.3 is 0 Å². The second-order valence-corrected chi connectivity index (χ2v) is 5.85. The van der Waals surface area contributed by atoms with Crippen molar-refractivity contribution < 1.29 is 9.13 Å². The lowest BCUT2D eigenvalue weighted by Crippen LogP contribution is -2.44. The van der Waals surface area contributed by atoms with Gasteiger partial charge in [0.05, 0.1) is 13.2 Å². The van der Waals surface area contributed by atoms with E-state index in [1.807, 2.05) is 12.1 Å². The third kappa shape index (κ3) is 4.84. The Hall–Kier alpha value is -0.490. The van der Waals surface area contributed by atoms with E-state index in [2.05, 4.69) is 33.1 Å². The molecule has 5 heteroatoms. The molecule has 0 bridgehead atoms. The molecular weight excluding hydrogens is 311 g/mol. The van der Waals surface area contributed by atoms with Crippen LogP contribution in [0.15, 0.2) is 22.7 Å². The SMILES string of the molecule is CC(CN1CCOCC1)NCc1ccc(Br)cc1F. The Morgan fingerprint density at radius 2 is 2.16 bits per heavy atom. The molecule has 1 unspecified atom stereocenters. The van der Waals surface area contributed by atoms with Gasteiger partial charge in [-0.25, -0.2) is 4.39 Å². The van der Waals surface area contributed by atoms with Crippen LogP contribution in [0.1, 0.15) is 12.5 Å². The number of nitrogens with zero attached hydrogens (tertiary/aromatic N) is 1. The smallest absolute Gasteiger partial charge is 0.128 e. The predicted molar refractivity (Wildman–Crippen MR) is 77.7 cm³/mol. The van der Waals surface area contributed by atoms with E-state index in [0.717, 1.165) is 37.3 Å². The Bertz CT molecular complexity index is 410. The molecule has 0 radical (unpaired) electrons. The van der Waals surface area contributed by atoms with Gasteiger partial charge in [-0.05, 0) is 19.1 Å². The summed E-state index contributed by atoms with van der Waals surface area (Å²) >= 11 is 3.26. The molecule has 1 aromatic carbocycles. The van der Waals surface area contributed by atoms with Gasteiger partial charge in [0.25, 0.3) is 0 Å². The van der Waals surface area contributed by atoms with Crippen LogP contribution in [0.25, 0.3) is 0 Å². The first-order chi connectivity index (χ1) is 9.15. The van der Waals surface area contributed by atoms with Crippen molar-refractivity contribution >= 4 is 15.9 Å². The highest BCUT2D eigenvalue weighted by Crippen LogP contribution is 2.15. The number of rotatable bonds is 5. The van der Waals surface area contributed by atoms with E-state index in [1.54, 1.807) is 0 Å². The average Bonchev–Trinajstić information content (AvgIpc) is 2.39. The lowest BCUT2D eigenvalue weighted by atomic mass is 10.2. The Balaban J connectivity index is 1.77. The van der Waals surface area contributed by atoms with Crippen LogP contribution < -0.4 is 5.32 Å². The molecule has 1 N–H and O–H groups in total. The van der Waals surface area contributed by atoms with E-state index < -0.39 is 0 Å². The van der Waals surface area contributed by atoms with E-state index in [0.29, 0.717) is 18.2 Å². The van der Waals surface area contributed by atoms with Crippen molar-refractivity contribution in [2.24, 2.45) is 0 Å². The minimum Gasteiger partial charge on any atom is -0.379 e. The van der Waals surface area contributed by atoms with Crippen molar-refractivity contribution in [3.05, 3.63) is 34.1 Å². The molecule has 0 amide bonds. The monoisotopic (exact) mass is 330 g/mol. The fourth-order valence-electron chi connectivity index (χ4n) is 2.18. The van der Waals surface area contributed by atoms with Gasteiger partial charge in [-0.1, -0.05) is 22.0 Å². The van der Waals surface area contributed by atoms with Gasteiger partial charge in [0.1, 0.15) is 5.82 Å². The zero-order valence-electron chi connectivity index (χ0n) is 11.2. The van der Waals surface area contributed by atoms with Gasteiger partial charge in [-0.3, -0.25) is 4.90 Å². The number of morpholine rings is 1. The maximum Gasteiger partial charge on any atom is 0.128 e. The molecule has 19 heavy (non-hydrogen) atoms. The number of hydrogen-bond donors (Lipinski definition) is 1. The first-order valence-corrected chi connectivity index (χ1v) is 7.42. The fraction of sp³-hybridized carbons (Fsp3) is 0.571. The van der Waals surface area contributed by atoms with Crippen LogP contribution >= 0.6 is 15.9 Å². The Labute approximate surface area is 122 Å². The third-order valence-electron chi connectivity index (χ3n) is 3.29. The Morgan fingerprint density at radius 3 is 2.84 bits per heavy atom. The summed E-state index contributed by atoms with van der Waals surface area (Å²) in [5.41, 5.74) is 0.706. The molecule has 1 aliphatic heterocycles. The van der Waals surface area contributed by atoms with E-state index >= 15 is 0 Å². The quantitative estimate of drug-likeness (QED) is 0.897.